The van der Waals surface area contributed by atoms with E-state index in [4.69, 9.17) is 0 Å². The predicted molar refractivity (Wildman–Crippen MR) is 73.9 cm³/mol. The summed E-state index contributed by atoms with van der Waals surface area (Å²) >= 11 is 1.26. The molecule has 1 atom stereocenters. The summed E-state index contributed by atoms with van der Waals surface area (Å²) in [6.45, 7) is 1.68. The highest BCUT2D eigenvalue weighted by molar-refractivity contribution is 7.10. The minimum Gasteiger partial charge on any atom is -0.479 e. The Hall–Kier alpha value is -2.48. The quantitative estimate of drug-likeness (QED) is 0.648. The van der Waals surface area contributed by atoms with Crippen molar-refractivity contribution in [2.75, 3.05) is 5.32 Å². The fourth-order valence-electron chi connectivity index (χ4n) is 1.65. The van der Waals surface area contributed by atoms with E-state index >= 15 is 0 Å². The summed E-state index contributed by atoms with van der Waals surface area (Å²) < 4.78 is 0. The number of carboxylic acid groups (broad SMARTS) is 1. The lowest BCUT2D eigenvalue weighted by atomic mass is 10.2. The molecule has 0 saturated carbocycles. The van der Waals surface area contributed by atoms with Gasteiger partial charge in [0.15, 0.2) is 6.04 Å². The molecule has 104 valence electrons. The molecule has 2 heterocycles. The highest BCUT2D eigenvalue weighted by Gasteiger charge is 2.25. The van der Waals surface area contributed by atoms with Crippen molar-refractivity contribution < 1.29 is 14.8 Å². The predicted octanol–water partition coefficient (Wildman–Crippen LogP) is 2.60. The van der Waals surface area contributed by atoms with Crippen LogP contribution in [0.2, 0.25) is 0 Å². The Morgan fingerprint density at radius 1 is 1.60 bits per heavy atom. The van der Waals surface area contributed by atoms with Crippen molar-refractivity contribution in [2.45, 2.75) is 13.0 Å². The van der Waals surface area contributed by atoms with Crippen molar-refractivity contribution in [3.05, 3.63) is 50.3 Å². The van der Waals surface area contributed by atoms with Crippen molar-refractivity contribution in [1.29, 1.82) is 0 Å². The van der Waals surface area contributed by atoms with Crippen molar-refractivity contribution in [3.8, 4) is 0 Å². The number of thiophene rings is 1. The molecule has 2 rings (SSSR count). The van der Waals surface area contributed by atoms with Crippen LogP contribution in [0.1, 0.15) is 16.5 Å². The zero-order valence-corrected chi connectivity index (χ0v) is 11.3. The number of nitro groups is 1. The highest BCUT2D eigenvalue weighted by Crippen LogP contribution is 2.28. The third-order valence-corrected chi connectivity index (χ3v) is 3.49. The lowest BCUT2D eigenvalue weighted by molar-refractivity contribution is -0.384. The van der Waals surface area contributed by atoms with E-state index in [1.54, 1.807) is 24.4 Å². The van der Waals surface area contributed by atoms with Crippen LogP contribution in [0.5, 0.6) is 0 Å². The van der Waals surface area contributed by atoms with Crippen LogP contribution >= 0.6 is 11.3 Å². The summed E-state index contributed by atoms with van der Waals surface area (Å²) in [6.07, 6.45) is 1.45. The first kappa shape index (κ1) is 13.9. The van der Waals surface area contributed by atoms with Gasteiger partial charge in [0.05, 0.1) is 4.92 Å². The van der Waals surface area contributed by atoms with Gasteiger partial charge in [0.25, 0.3) is 0 Å². The molecule has 1 unspecified atom stereocenters. The van der Waals surface area contributed by atoms with Gasteiger partial charge in [-0.05, 0) is 23.9 Å². The summed E-state index contributed by atoms with van der Waals surface area (Å²) in [6, 6.07) is 3.65. The molecule has 0 spiro atoms. The number of carbonyl (C=O) groups is 1. The largest absolute Gasteiger partial charge is 0.479 e. The maximum absolute atomic E-state index is 11.3. The van der Waals surface area contributed by atoms with Crippen molar-refractivity contribution >= 4 is 28.8 Å². The highest BCUT2D eigenvalue weighted by atomic mass is 32.1. The SMILES string of the molecule is Cc1cnc(NC(C(=O)O)c2cccs2)c([N+](=O)[O-])c1. The van der Waals surface area contributed by atoms with Crippen LogP contribution in [0.25, 0.3) is 0 Å². The Bertz CT molecular complexity index is 642. The van der Waals surface area contributed by atoms with Crippen LogP contribution < -0.4 is 5.32 Å². The number of anilines is 1. The Labute approximate surface area is 118 Å². The molecule has 0 aliphatic rings. The smallest absolute Gasteiger partial charge is 0.331 e. The minimum absolute atomic E-state index is 0.0543. The van der Waals surface area contributed by atoms with E-state index < -0.39 is 16.9 Å². The lowest BCUT2D eigenvalue weighted by Crippen LogP contribution is -2.20. The van der Waals surface area contributed by atoms with Gasteiger partial charge < -0.3 is 10.4 Å². The van der Waals surface area contributed by atoms with Crippen molar-refractivity contribution in [2.24, 2.45) is 0 Å². The zero-order valence-electron chi connectivity index (χ0n) is 10.4. The Morgan fingerprint density at radius 3 is 2.90 bits per heavy atom. The number of aliphatic carboxylic acids is 1. The standard InChI is InChI=1S/C12H11N3O4S/c1-7-5-8(15(18)19)11(13-6-7)14-10(12(16)17)9-3-2-4-20-9/h2-6,10H,1H3,(H,13,14)(H,16,17). The summed E-state index contributed by atoms with van der Waals surface area (Å²) in [5.41, 5.74) is 0.387. The monoisotopic (exact) mass is 293 g/mol. The summed E-state index contributed by atoms with van der Waals surface area (Å²) in [5, 5.41) is 24.6. The molecule has 0 saturated heterocycles. The van der Waals surface area contributed by atoms with Crippen molar-refractivity contribution in [3.63, 3.8) is 0 Å². The second-order valence-electron chi connectivity index (χ2n) is 4.07. The molecular weight excluding hydrogens is 282 g/mol. The van der Waals surface area contributed by atoms with E-state index in [1.165, 1.54) is 23.6 Å². The number of carboxylic acids is 1. The van der Waals surface area contributed by atoms with E-state index in [0.29, 0.717) is 10.4 Å². The summed E-state index contributed by atoms with van der Waals surface area (Å²) in [5.74, 6) is -1.18. The van der Waals surface area contributed by atoms with Gasteiger partial charge >= 0.3 is 11.7 Å². The first-order chi connectivity index (χ1) is 9.49. The van der Waals surface area contributed by atoms with E-state index in [1.807, 2.05) is 0 Å². The van der Waals surface area contributed by atoms with Crippen LogP contribution in [0, 0.1) is 17.0 Å². The molecule has 7 nitrogen and oxygen atoms in total. The van der Waals surface area contributed by atoms with E-state index in [-0.39, 0.29) is 11.5 Å². The average Bonchev–Trinajstić information content (AvgIpc) is 2.90. The molecule has 2 aromatic rings. The number of hydrogen-bond donors (Lipinski definition) is 2. The molecule has 20 heavy (non-hydrogen) atoms. The van der Waals surface area contributed by atoms with Gasteiger partial charge in [0.1, 0.15) is 0 Å². The van der Waals surface area contributed by atoms with Crippen LogP contribution in [-0.4, -0.2) is 21.0 Å². The number of nitrogens with zero attached hydrogens (tertiary/aromatic N) is 2. The zero-order chi connectivity index (χ0) is 14.7. The Kier molecular flexibility index (Phi) is 3.94. The average molecular weight is 293 g/mol. The number of nitrogens with one attached hydrogen (secondary N) is 1. The van der Waals surface area contributed by atoms with Gasteiger partial charge in [-0.2, -0.15) is 0 Å². The molecule has 0 radical (unpaired) electrons. The second-order valence-corrected chi connectivity index (χ2v) is 5.05. The number of aromatic nitrogens is 1. The van der Waals surface area contributed by atoms with E-state index in [9.17, 15) is 20.0 Å². The molecule has 0 aromatic carbocycles. The molecule has 8 heteroatoms. The number of rotatable bonds is 5. The second kappa shape index (κ2) is 5.66. The van der Waals surface area contributed by atoms with Gasteiger partial charge in [0, 0.05) is 17.1 Å². The van der Waals surface area contributed by atoms with Gasteiger partial charge in [-0.3, -0.25) is 10.1 Å². The molecule has 0 amide bonds. The molecule has 0 bridgehead atoms. The maximum Gasteiger partial charge on any atom is 0.331 e. The fourth-order valence-corrected chi connectivity index (χ4v) is 2.42. The lowest BCUT2D eigenvalue weighted by Gasteiger charge is -2.13. The number of aryl methyl sites for hydroxylation is 1. The van der Waals surface area contributed by atoms with Crippen molar-refractivity contribution in [1.82, 2.24) is 4.98 Å². The molecular formula is C12H11N3O4S. The van der Waals surface area contributed by atoms with Gasteiger partial charge in [0.2, 0.25) is 5.82 Å². The maximum atomic E-state index is 11.3. The van der Waals surface area contributed by atoms with E-state index in [2.05, 4.69) is 10.3 Å². The first-order valence-electron chi connectivity index (χ1n) is 5.63. The molecule has 0 aliphatic carbocycles. The Morgan fingerprint density at radius 2 is 2.35 bits per heavy atom. The minimum atomic E-state index is -1.12. The third-order valence-electron chi connectivity index (χ3n) is 2.56. The van der Waals surface area contributed by atoms with Crippen LogP contribution in [0.4, 0.5) is 11.5 Å². The van der Waals surface area contributed by atoms with E-state index in [0.717, 1.165) is 0 Å². The van der Waals surface area contributed by atoms with Gasteiger partial charge in [-0.1, -0.05) is 6.07 Å². The molecule has 2 aromatic heterocycles. The molecule has 0 aliphatic heterocycles. The third kappa shape index (κ3) is 2.91. The van der Waals surface area contributed by atoms with Gasteiger partial charge in [-0.25, -0.2) is 9.78 Å². The normalized spacial score (nSPS) is 11.8. The topological polar surface area (TPSA) is 105 Å². The summed E-state index contributed by atoms with van der Waals surface area (Å²) in [7, 11) is 0. The number of pyridine rings is 1. The van der Waals surface area contributed by atoms with Crippen LogP contribution in [0.3, 0.4) is 0 Å². The molecule has 0 fully saturated rings. The van der Waals surface area contributed by atoms with Gasteiger partial charge in [-0.15, -0.1) is 11.3 Å². The summed E-state index contributed by atoms with van der Waals surface area (Å²) in [4.78, 5) is 26.2. The van der Waals surface area contributed by atoms with Crippen LogP contribution in [-0.2, 0) is 4.79 Å². The Balaban J connectivity index is 2.37. The number of hydrogen-bond acceptors (Lipinski definition) is 6. The van der Waals surface area contributed by atoms with Crippen LogP contribution in [0.15, 0.2) is 29.8 Å². The fraction of sp³-hybridized carbons (Fsp3) is 0.167. The first-order valence-corrected chi connectivity index (χ1v) is 6.51. The molecule has 2 N–H and O–H groups in total.